The van der Waals surface area contributed by atoms with Crippen LogP contribution in [0.4, 0.5) is 13.2 Å². The first-order chi connectivity index (χ1) is 15.0. The highest BCUT2D eigenvalue weighted by Crippen LogP contribution is 2.28. The highest BCUT2D eigenvalue weighted by Gasteiger charge is 2.23. The fourth-order valence-electron chi connectivity index (χ4n) is 3.49. The van der Waals surface area contributed by atoms with Crippen molar-refractivity contribution in [3.8, 4) is 11.8 Å². The van der Waals surface area contributed by atoms with E-state index < -0.39 is 23.7 Å². The zero-order chi connectivity index (χ0) is 21.8. The van der Waals surface area contributed by atoms with Crippen LogP contribution in [0.5, 0.6) is 0 Å². The van der Waals surface area contributed by atoms with Crippen molar-refractivity contribution in [2.24, 2.45) is 5.92 Å². The van der Waals surface area contributed by atoms with Gasteiger partial charge in [0.1, 0.15) is 5.82 Å². The van der Waals surface area contributed by atoms with E-state index in [1.165, 1.54) is 6.07 Å². The number of halogens is 3. The van der Waals surface area contributed by atoms with E-state index in [1.807, 2.05) is 6.08 Å². The molecule has 0 bridgehead atoms. The van der Waals surface area contributed by atoms with E-state index in [1.54, 1.807) is 30.3 Å². The summed E-state index contributed by atoms with van der Waals surface area (Å²) in [5, 5.41) is 1.10. The van der Waals surface area contributed by atoms with Gasteiger partial charge in [0.15, 0.2) is 17.9 Å². The third-order valence-corrected chi connectivity index (χ3v) is 5.23. The Morgan fingerprint density at radius 1 is 0.871 bits per heavy atom. The molecule has 0 aromatic heterocycles. The average Bonchev–Trinajstić information content (AvgIpc) is 2.78. The number of benzene rings is 3. The van der Waals surface area contributed by atoms with Gasteiger partial charge in [0.05, 0.1) is 18.8 Å². The van der Waals surface area contributed by atoms with Crippen molar-refractivity contribution in [2.45, 2.75) is 19.1 Å². The Balaban J connectivity index is 1.47. The van der Waals surface area contributed by atoms with Crippen molar-refractivity contribution in [3.05, 3.63) is 95.3 Å². The summed E-state index contributed by atoms with van der Waals surface area (Å²) in [7, 11) is 0. The predicted molar refractivity (Wildman–Crippen MR) is 114 cm³/mol. The Morgan fingerprint density at radius 3 is 2.32 bits per heavy atom. The summed E-state index contributed by atoms with van der Waals surface area (Å²) in [4.78, 5) is 0. The first kappa shape index (κ1) is 21.2. The van der Waals surface area contributed by atoms with Crippen LogP contribution in [0, 0.1) is 35.2 Å². The Hall–Kier alpha value is -3.07. The molecule has 31 heavy (non-hydrogen) atoms. The second-order valence-electron chi connectivity index (χ2n) is 7.55. The summed E-state index contributed by atoms with van der Waals surface area (Å²) < 4.78 is 52.9. The molecule has 0 atom stereocenters. The van der Waals surface area contributed by atoms with Gasteiger partial charge in [-0.3, -0.25) is 0 Å². The molecular weight excluding hydrogens is 401 g/mol. The second kappa shape index (κ2) is 9.38. The topological polar surface area (TPSA) is 18.5 Å². The number of ether oxygens (including phenoxy) is 2. The van der Waals surface area contributed by atoms with Crippen LogP contribution in [-0.2, 0) is 9.47 Å². The number of hydrogen-bond acceptors (Lipinski definition) is 2. The molecule has 0 amide bonds. The van der Waals surface area contributed by atoms with Gasteiger partial charge in [-0.05, 0) is 60.0 Å². The van der Waals surface area contributed by atoms with Gasteiger partial charge in [0.2, 0.25) is 0 Å². The van der Waals surface area contributed by atoms with E-state index in [2.05, 4.69) is 18.4 Å². The summed E-state index contributed by atoms with van der Waals surface area (Å²) in [6.45, 7) is 4.84. The quantitative estimate of drug-likeness (QED) is 0.364. The Morgan fingerprint density at radius 2 is 1.61 bits per heavy atom. The molecule has 1 aliphatic rings. The lowest BCUT2D eigenvalue weighted by Crippen LogP contribution is -2.27. The van der Waals surface area contributed by atoms with Crippen LogP contribution in [0.15, 0.2) is 61.2 Å². The van der Waals surface area contributed by atoms with E-state index in [-0.39, 0.29) is 5.56 Å². The smallest absolute Gasteiger partial charge is 0.183 e. The Bertz CT molecular complexity index is 1170. The molecule has 1 fully saturated rings. The molecule has 2 nitrogen and oxygen atoms in total. The molecule has 3 aromatic rings. The minimum absolute atomic E-state index is 0.230. The van der Waals surface area contributed by atoms with Crippen LogP contribution in [0.1, 0.15) is 35.8 Å². The molecule has 5 heteroatoms. The predicted octanol–water partition coefficient (Wildman–Crippen LogP) is 6.28. The molecule has 0 saturated carbocycles. The third kappa shape index (κ3) is 4.99. The average molecular weight is 422 g/mol. The van der Waals surface area contributed by atoms with Crippen molar-refractivity contribution in [1.29, 1.82) is 0 Å². The van der Waals surface area contributed by atoms with E-state index in [9.17, 15) is 13.2 Å². The van der Waals surface area contributed by atoms with Crippen LogP contribution in [-0.4, -0.2) is 13.2 Å². The van der Waals surface area contributed by atoms with E-state index in [4.69, 9.17) is 9.47 Å². The lowest BCUT2D eigenvalue weighted by Gasteiger charge is -2.29. The fraction of sp³-hybridized carbons (Fsp3) is 0.231. The maximum Gasteiger partial charge on any atom is 0.183 e. The van der Waals surface area contributed by atoms with E-state index >= 15 is 0 Å². The van der Waals surface area contributed by atoms with Gasteiger partial charge in [-0.1, -0.05) is 30.0 Å². The largest absolute Gasteiger partial charge is 0.348 e. The monoisotopic (exact) mass is 422 g/mol. The first-order valence-electron chi connectivity index (χ1n) is 10.1. The SMILES string of the molecule is C=CCCC1COC(c2ccc(C#Cc3ccc4cc(F)c(F)cc4c3)c(F)c2)OC1. The fourth-order valence-corrected chi connectivity index (χ4v) is 3.49. The van der Waals surface area contributed by atoms with Crippen LogP contribution < -0.4 is 0 Å². The van der Waals surface area contributed by atoms with E-state index in [0.29, 0.717) is 41.0 Å². The maximum absolute atomic E-state index is 14.6. The highest BCUT2D eigenvalue weighted by molar-refractivity contribution is 5.84. The lowest BCUT2D eigenvalue weighted by atomic mass is 10.0. The van der Waals surface area contributed by atoms with Crippen molar-refractivity contribution in [1.82, 2.24) is 0 Å². The summed E-state index contributed by atoms with van der Waals surface area (Å²) in [5.74, 6) is 3.70. The minimum atomic E-state index is -0.918. The third-order valence-electron chi connectivity index (χ3n) is 5.23. The zero-order valence-corrected chi connectivity index (χ0v) is 16.8. The molecule has 1 aliphatic heterocycles. The van der Waals surface area contributed by atoms with Crippen LogP contribution in [0.25, 0.3) is 10.8 Å². The normalized spacial score (nSPS) is 18.4. The van der Waals surface area contributed by atoms with Crippen LogP contribution >= 0.6 is 0 Å². The molecule has 0 aliphatic carbocycles. The molecule has 0 unspecified atom stereocenters. The van der Waals surface area contributed by atoms with E-state index in [0.717, 1.165) is 25.0 Å². The van der Waals surface area contributed by atoms with Crippen molar-refractivity contribution >= 4 is 10.8 Å². The molecule has 158 valence electrons. The van der Waals surface area contributed by atoms with Gasteiger partial charge in [-0.2, -0.15) is 0 Å². The molecule has 0 N–H and O–H groups in total. The number of rotatable bonds is 4. The molecule has 1 saturated heterocycles. The zero-order valence-electron chi connectivity index (χ0n) is 16.8. The Kier molecular flexibility index (Phi) is 6.41. The first-order valence-corrected chi connectivity index (χ1v) is 10.1. The Labute approximate surface area is 179 Å². The standard InChI is InChI=1S/C26H21F3O2/c1-2-3-4-18-15-30-26(31-16-18)21-10-9-19(23(27)13-21)7-5-17-6-8-20-12-24(28)25(29)14-22(20)11-17/h2,6,8-14,18,26H,1,3-4,15-16H2. The number of allylic oxidation sites excluding steroid dienone is 1. The van der Waals surface area contributed by atoms with Crippen molar-refractivity contribution < 1.29 is 22.6 Å². The molecule has 0 radical (unpaired) electrons. The molecule has 3 aromatic carbocycles. The maximum atomic E-state index is 14.6. The van der Waals surface area contributed by atoms with Gasteiger partial charge in [0, 0.05) is 17.0 Å². The molecular formula is C26H21F3O2. The minimum Gasteiger partial charge on any atom is -0.348 e. The van der Waals surface area contributed by atoms with Crippen LogP contribution in [0.3, 0.4) is 0 Å². The van der Waals surface area contributed by atoms with Gasteiger partial charge >= 0.3 is 0 Å². The van der Waals surface area contributed by atoms with Crippen molar-refractivity contribution in [3.63, 3.8) is 0 Å². The van der Waals surface area contributed by atoms with Crippen LogP contribution in [0.2, 0.25) is 0 Å². The highest BCUT2D eigenvalue weighted by atomic mass is 19.2. The van der Waals surface area contributed by atoms with Gasteiger partial charge < -0.3 is 9.47 Å². The molecule has 0 spiro atoms. The lowest BCUT2D eigenvalue weighted by molar-refractivity contribution is -0.205. The summed E-state index contributed by atoms with van der Waals surface area (Å²) in [5.41, 5.74) is 1.41. The van der Waals surface area contributed by atoms with Crippen molar-refractivity contribution in [2.75, 3.05) is 13.2 Å². The van der Waals surface area contributed by atoms with Gasteiger partial charge in [-0.25, -0.2) is 13.2 Å². The molecule has 4 rings (SSSR count). The van der Waals surface area contributed by atoms with Gasteiger partial charge in [-0.15, -0.1) is 6.58 Å². The summed E-state index contributed by atoms with van der Waals surface area (Å²) in [6.07, 6.45) is 3.15. The summed E-state index contributed by atoms with van der Waals surface area (Å²) >= 11 is 0. The van der Waals surface area contributed by atoms with Gasteiger partial charge in [0.25, 0.3) is 0 Å². The second-order valence-corrected chi connectivity index (χ2v) is 7.55. The number of hydrogen-bond donors (Lipinski definition) is 0. The summed E-state index contributed by atoms with van der Waals surface area (Å²) in [6, 6.07) is 11.9. The molecule has 1 heterocycles. The number of fused-ring (bicyclic) bond motifs is 1.